The molecule has 1 heterocycles. The van der Waals surface area contributed by atoms with Gasteiger partial charge in [-0.3, -0.25) is 0 Å². The molecule has 15 heavy (non-hydrogen) atoms. The highest BCUT2D eigenvalue weighted by atomic mass is 127. The normalized spacial score (nSPS) is 10.5. The predicted octanol–water partition coefficient (Wildman–Crippen LogP) is 2.54. The van der Waals surface area contributed by atoms with Gasteiger partial charge in [0, 0.05) is 0 Å². The first kappa shape index (κ1) is 12.0. The van der Waals surface area contributed by atoms with Crippen molar-refractivity contribution in [1.29, 1.82) is 0 Å². The Kier molecular flexibility index (Phi) is 3.72. The molecule has 0 unspecified atom stereocenters. The van der Waals surface area contributed by atoms with Gasteiger partial charge in [-0.05, 0) is 32.5 Å². The van der Waals surface area contributed by atoms with Crippen molar-refractivity contribution in [3.63, 3.8) is 0 Å². The van der Waals surface area contributed by atoms with Gasteiger partial charge in [-0.25, -0.2) is 8.78 Å². The largest absolute Gasteiger partial charge is 0.495 e. The molecule has 0 spiro atoms. The lowest BCUT2D eigenvalue weighted by atomic mass is 10.2. The molecule has 0 aromatic carbocycles. The van der Waals surface area contributed by atoms with Gasteiger partial charge in [0.15, 0.2) is 15.5 Å². The summed E-state index contributed by atoms with van der Waals surface area (Å²) in [4.78, 5) is 13.1. The minimum Gasteiger partial charge on any atom is -0.495 e. The zero-order chi connectivity index (χ0) is 11.6. The minimum atomic E-state index is -2.78. The van der Waals surface area contributed by atoms with Crippen molar-refractivity contribution in [3.8, 4) is 5.75 Å². The molecular formula is C7H5F2IN2O3. The Bertz CT molecular complexity index is 400. The third-order valence-electron chi connectivity index (χ3n) is 1.60. The van der Waals surface area contributed by atoms with Crippen LogP contribution in [0.1, 0.15) is 12.0 Å². The maximum absolute atomic E-state index is 12.4. The molecular weight excluding hydrogens is 325 g/mol. The number of ether oxygens (including phenoxy) is 1. The van der Waals surface area contributed by atoms with Crippen LogP contribution in [0, 0.1) is 13.7 Å². The summed E-state index contributed by atoms with van der Waals surface area (Å²) in [6.45, 7) is 0. The maximum Gasteiger partial charge on any atom is 0.380 e. The summed E-state index contributed by atoms with van der Waals surface area (Å²) in [5, 5.41) is 10.5. The van der Waals surface area contributed by atoms with Crippen LogP contribution in [-0.2, 0) is 0 Å². The second-order valence-electron chi connectivity index (χ2n) is 2.44. The summed E-state index contributed by atoms with van der Waals surface area (Å²) in [6.07, 6.45) is -2.02. The van der Waals surface area contributed by atoms with Crippen molar-refractivity contribution in [2.45, 2.75) is 6.43 Å². The molecule has 0 atom stereocenters. The van der Waals surface area contributed by atoms with Gasteiger partial charge in [-0.15, -0.1) is 0 Å². The molecule has 0 aliphatic rings. The van der Waals surface area contributed by atoms with E-state index in [1.54, 1.807) is 22.6 Å². The van der Waals surface area contributed by atoms with Crippen LogP contribution in [0.3, 0.4) is 0 Å². The summed E-state index contributed by atoms with van der Waals surface area (Å²) in [5.74, 6) is -0.691. The Labute approximate surface area is 96.7 Å². The Hall–Kier alpha value is -1.06. The number of pyridine rings is 1. The number of alkyl halides is 2. The van der Waals surface area contributed by atoms with E-state index < -0.39 is 22.7 Å². The monoisotopic (exact) mass is 330 g/mol. The fraction of sp³-hybridized carbons (Fsp3) is 0.286. The Morgan fingerprint density at radius 1 is 1.67 bits per heavy atom. The van der Waals surface area contributed by atoms with E-state index in [-0.39, 0.29) is 9.32 Å². The van der Waals surface area contributed by atoms with Gasteiger partial charge in [-0.2, -0.15) is 0 Å². The highest BCUT2D eigenvalue weighted by Crippen LogP contribution is 2.36. The van der Waals surface area contributed by atoms with Crippen LogP contribution in [0.25, 0.3) is 0 Å². The van der Waals surface area contributed by atoms with Gasteiger partial charge < -0.3 is 14.9 Å². The molecule has 0 amide bonds. The van der Waals surface area contributed by atoms with Crippen molar-refractivity contribution in [2.24, 2.45) is 0 Å². The fourth-order valence-electron chi connectivity index (χ4n) is 0.964. The standard InChI is InChI=1S/C7H5F2IN2O3/c1-15-5-3(6(8)9)2-11-7(4(5)10)12(13)14/h2,6H,1H3. The van der Waals surface area contributed by atoms with E-state index in [2.05, 4.69) is 4.98 Å². The molecule has 1 aromatic heterocycles. The quantitative estimate of drug-likeness (QED) is 0.485. The number of methoxy groups -OCH3 is 1. The molecule has 0 saturated heterocycles. The predicted molar refractivity (Wildman–Crippen MR) is 55.1 cm³/mol. The lowest BCUT2D eigenvalue weighted by Crippen LogP contribution is -2.02. The number of hydrogen-bond donors (Lipinski definition) is 0. The minimum absolute atomic E-state index is 0.0297. The van der Waals surface area contributed by atoms with Gasteiger partial charge in [0.25, 0.3) is 6.43 Å². The van der Waals surface area contributed by atoms with E-state index in [1.807, 2.05) is 0 Å². The lowest BCUT2D eigenvalue weighted by Gasteiger charge is -2.07. The fourth-order valence-corrected chi connectivity index (χ4v) is 1.83. The summed E-state index contributed by atoms with van der Waals surface area (Å²) in [6, 6.07) is 0. The highest BCUT2D eigenvalue weighted by Gasteiger charge is 2.26. The van der Waals surface area contributed by atoms with Crippen LogP contribution in [0.2, 0.25) is 0 Å². The highest BCUT2D eigenvalue weighted by molar-refractivity contribution is 14.1. The molecule has 1 aromatic rings. The lowest BCUT2D eigenvalue weighted by molar-refractivity contribution is -0.390. The first-order valence-corrected chi connectivity index (χ1v) is 4.71. The van der Waals surface area contributed by atoms with Crippen LogP contribution in [0.5, 0.6) is 5.75 Å². The van der Waals surface area contributed by atoms with Crippen molar-refractivity contribution >= 4 is 28.4 Å². The maximum atomic E-state index is 12.4. The van der Waals surface area contributed by atoms with Gasteiger partial charge in [-0.1, -0.05) is 0 Å². The van der Waals surface area contributed by atoms with Crippen molar-refractivity contribution < 1.29 is 18.4 Å². The molecule has 5 nitrogen and oxygen atoms in total. The van der Waals surface area contributed by atoms with E-state index in [4.69, 9.17) is 4.74 Å². The second-order valence-corrected chi connectivity index (χ2v) is 3.52. The zero-order valence-corrected chi connectivity index (χ0v) is 9.57. The SMILES string of the molecule is COc1c(C(F)F)cnc([N+](=O)[O-])c1I. The molecule has 82 valence electrons. The van der Waals surface area contributed by atoms with Crippen LogP contribution in [-0.4, -0.2) is 17.0 Å². The van der Waals surface area contributed by atoms with E-state index in [0.717, 1.165) is 6.20 Å². The number of nitro groups is 1. The van der Waals surface area contributed by atoms with Crippen LogP contribution < -0.4 is 4.74 Å². The Balaban J connectivity index is 3.39. The topological polar surface area (TPSA) is 65.3 Å². The van der Waals surface area contributed by atoms with E-state index in [0.29, 0.717) is 0 Å². The van der Waals surface area contributed by atoms with Gasteiger partial charge in [0.05, 0.1) is 7.11 Å². The van der Waals surface area contributed by atoms with E-state index in [9.17, 15) is 18.9 Å². The second kappa shape index (κ2) is 4.64. The number of rotatable bonds is 3. The molecule has 0 bridgehead atoms. The third-order valence-corrected chi connectivity index (χ3v) is 2.57. The first-order chi connectivity index (χ1) is 6.99. The van der Waals surface area contributed by atoms with Crippen molar-refractivity contribution in [1.82, 2.24) is 4.98 Å². The molecule has 0 aliphatic heterocycles. The average molecular weight is 330 g/mol. The van der Waals surface area contributed by atoms with Crippen LogP contribution in [0.4, 0.5) is 14.6 Å². The molecule has 0 fully saturated rings. The molecule has 1 rings (SSSR count). The summed E-state index contributed by atoms with van der Waals surface area (Å²) >= 11 is 1.55. The molecule has 0 radical (unpaired) electrons. The third kappa shape index (κ3) is 2.30. The molecule has 0 aliphatic carbocycles. The van der Waals surface area contributed by atoms with Gasteiger partial charge >= 0.3 is 5.82 Å². The van der Waals surface area contributed by atoms with Crippen LogP contribution in [0.15, 0.2) is 6.20 Å². The number of aromatic nitrogens is 1. The van der Waals surface area contributed by atoms with Gasteiger partial charge in [0.2, 0.25) is 0 Å². The molecule has 0 N–H and O–H groups in total. The Morgan fingerprint density at radius 3 is 2.67 bits per heavy atom. The van der Waals surface area contributed by atoms with Crippen molar-refractivity contribution in [2.75, 3.05) is 7.11 Å². The van der Waals surface area contributed by atoms with E-state index >= 15 is 0 Å². The Morgan fingerprint density at radius 2 is 2.27 bits per heavy atom. The number of halogens is 3. The number of nitrogens with zero attached hydrogens (tertiary/aromatic N) is 2. The molecule has 0 saturated carbocycles. The van der Waals surface area contributed by atoms with E-state index in [1.165, 1.54) is 7.11 Å². The summed E-state index contributed by atoms with van der Waals surface area (Å²) < 4.78 is 29.5. The summed E-state index contributed by atoms with van der Waals surface area (Å²) in [5.41, 5.74) is -0.451. The average Bonchev–Trinajstić information content (AvgIpc) is 2.16. The van der Waals surface area contributed by atoms with Crippen LogP contribution >= 0.6 is 22.6 Å². The first-order valence-electron chi connectivity index (χ1n) is 3.64. The zero-order valence-electron chi connectivity index (χ0n) is 7.41. The summed E-state index contributed by atoms with van der Waals surface area (Å²) in [7, 11) is 1.17. The smallest absolute Gasteiger partial charge is 0.380 e. The number of hydrogen-bond acceptors (Lipinski definition) is 4. The van der Waals surface area contributed by atoms with Gasteiger partial charge in [0.1, 0.15) is 5.56 Å². The van der Waals surface area contributed by atoms with Crippen molar-refractivity contribution in [3.05, 3.63) is 25.4 Å². The molecule has 8 heteroatoms.